The van der Waals surface area contributed by atoms with Crippen molar-refractivity contribution in [1.29, 1.82) is 0 Å². The summed E-state index contributed by atoms with van der Waals surface area (Å²) in [5.41, 5.74) is 2.88. The van der Waals surface area contributed by atoms with Crippen molar-refractivity contribution in [3.63, 3.8) is 0 Å². The van der Waals surface area contributed by atoms with E-state index in [0.717, 1.165) is 30.6 Å². The van der Waals surface area contributed by atoms with E-state index in [4.69, 9.17) is 0 Å². The SMILES string of the molecule is CC1(CCc2ccccc2F)NCCc2[nH]cnc21. The number of H-pyrrole nitrogens is 1. The molecule has 0 spiro atoms. The van der Waals surface area contributed by atoms with Gasteiger partial charge >= 0.3 is 0 Å². The van der Waals surface area contributed by atoms with Crippen LogP contribution in [-0.2, 0) is 18.4 Å². The van der Waals surface area contributed by atoms with Crippen LogP contribution in [0.4, 0.5) is 4.39 Å². The highest BCUT2D eigenvalue weighted by atomic mass is 19.1. The molecule has 19 heavy (non-hydrogen) atoms. The molecular formula is C15H18FN3. The molecule has 0 aliphatic carbocycles. The predicted octanol–water partition coefficient (Wildman–Crippen LogP) is 2.54. The lowest BCUT2D eigenvalue weighted by Gasteiger charge is -2.34. The van der Waals surface area contributed by atoms with Gasteiger partial charge in [0.05, 0.1) is 17.6 Å². The smallest absolute Gasteiger partial charge is 0.126 e. The molecule has 1 aromatic heterocycles. The summed E-state index contributed by atoms with van der Waals surface area (Å²) in [4.78, 5) is 7.63. The Morgan fingerprint density at radius 2 is 2.21 bits per heavy atom. The Labute approximate surface area is 112 Å². The van der Waals surface area contributed by atoms with Crippen LogP contribution in [0.5, 0.6) is 0 Å². The van der Waals surface area contributed by atoms with E-state index in [1.165, 1.54) is 11.8 Å². The molecule has 0 amide bonds. The number of fused-ring (bicyclic) bond motifs is 1. The van der Waals surface area contributed by atoms with E-state index in [1.54, 1.807) is 12.4 Å². The molecule has 2 heterocycles. The van der Waals surface area contributed by atoms with Gasteiger partial charge in [-0.3, -0.25) is 0 Å². The van der Waals surface area contributed by atoms with Crippen LogP contribution < -0.4 is 5.32 Å². The van der Waals surface area contributed by atoms with Crippen LogP contribution in [0.15, 0.2) is 30.6 Å². The average molecular weight is 259 g/mol. The van der Waals surface area contributed by atoms with Crippen molar-refractivity contribution >= 4 is 0 Å². The largest absolute Gasteiger partial charge is 0.348 e. The summed E-state index contributed by atoms with van der Waals surface area (Å²) in [6.07, 6.45) is 4.28. The Bertz CT molecular complexity index is 578. The molecule has 1 aliphatic rings. The van der Waals surface area contributed by atoms with E-state index in [0.29, 0.717) is 6.42 Å². The van der Waals surface area contributed by atoms with Gasteiger partial charge in [0.2, 0.25) is 0 Å². The topological polar surface area (TPSA) is 40.7 Å². The van der Waals surface area contributed by atoms with Crippen LogP contribution in [0.2, 0.25) is 0 Å². The number of aromatic nitrogens is 2. The third-order valence-electron chi connectivity index (χ3n) is 3.98. The van der Waals surface area contributed by atoms with Crippen molar-refractivity contribution in [2.45, 2.75) is 31.7 Å². The van der Waals surface area contributed by atoms with Gasteiger partial charge in [-0.25, -0.2) is 9.37 Å². The number of halogens is 1. The highest BCUT2D eigenvalue weighted by Gasteiger charge is 2.33. The minimum atomic E-state index is -0.171. The Morgan fingerprint density at radius 3 is 3.05 bits per heavy atom. The van der Waals surface area contributed by atoms with E-state index in [9.17, 15) is 4.39 Å². The number of aromatic amines is 1. The second-order valence-electron chi connectivity index (χ2n) is 5.33. The van der Waals surface area contributed by atoms with Gasteiger partial charge in [-0.1, -0.05) is 18.2 Å². The Hall–Kier alpha value is -1.68. The Balaban J connectivity index is 1.79. The second kappa shape index (κ2) is 4.78. The molecule has 0 radical (unpaired) electrons. The van der Waals surface area contributed by atoms with E-state index in [2.05, 4.69) is 22.2 Å². The summed E-state index contributed by atoms with van der Waals surface area (Å²) in [7, 11) is 0. The molecule has 3 rings (SSSR count). The first kappa shape index (κ1) is 12.4. The number of hydrogen-bond acceptors (Lipinski definition) is 2. The first-order valence-electron chi connectivity index (χ1n) is 6.70. The number of imidazole rings is 1. The molecule has 1 aromatic carbocycles. The fourth-order valence-corrected chi connectivity index (χ4v) is 2.83. The second-order valence-corrected chi connectivity index (χ2v) is 5.33. The molecule has 1 aliphatic heterocycles. The van der Waals surface area contributed by atoms with Crippen molar-refractivity contribution in [1.82, 2.24) is 15.3 Å². The van der Waals surface area contributed by atoms with Crippen LogP contribution >= 0.6 is 0 Å². The summed E-state index contributed by atoms with van der Waals surface area (Å²) in [6, 6.07) is 6.99. The molecular weight excluding hydrogens is 241 g/mol. The summed E-state index contributed by atoms with van der Waals surface area (Å²) in [6.45, 7) is 3.08. The molecule has 1 atom stereocenters. The Kier molecular flexibility index (Phi) is 3.11. The van der Waals surface area contributed by atoms with Gasteiger partial charge in [0.25, 0.3) is 0 Å². The lowest BCUT2D eigenvalue weighted by Crippen LogP contribution is -2.45. The van der Waals surface area contributed by atoms with Crippen LogP contribution in [0, 0.1) is 5.82 Å². The van der Waals surface area contributed by atoms with E-state index < -0.39 is 0 Å². The zero-order valence-electron chi connectivity index (χ0n) is 11.0. The van der Waals surface area contributed by atoms with Crippen LogP contribution in [0.25, 0.3) is 0 Å². The summed E-state index contributed by atoms with van der Waals surface area (Å²) in [5.74, 6) is -0.121. The van der Waals surface area contributed by atoms with Gasteiger partial charge in [-0.2, -0.15) is 0 Å². The van der Waals surface area contributed by atoms with Crippen molar-refractivity contribution in [2.24, 2.45) is 0 Å². The first-order chi connectivity index (χ1) is 9.19. The number of nitrogens with zero attached hydrogens (tertiary/aromatic N) is 1. The van der Waals surface area contributed by atoms with Crippen molar-refractivity contribution in [3.8, 4) is 0 Å². The summed E-state index contributed by atoms with van der Waals surface area (Å²) >= 11 is 0. The van der Waals surface area contributed by atoms with Gasteiger partial charge in [-0.05, 0) is 31.4 Å². The van der Waals surface area contributed by atoms with Crippen molar-refractivity contribution in [2.75, 3.05) is 6.54 Å². The fraction of sp³-hybridized carbons (Fsp3) is 0.400. The van der Waals surface area contributed by atoms with E-state index >= 15 is 0 Å². The molecule has 3 nitrogen and oxygen atoms in total. The van der Waals surface area contributed by atoms with Crippen molar-refractivity contribution in [3.05, 3.63) is 53.4 Å². The molecule has 0 saturated heterocycles. The standard InChI is InChI=1S/C15H18FN3/c1-15(8-6-11-4-2-3-5-12(11)16)14-13(7-9-19-15)17-10-18-14/h2-5,10,19H,6-9H2,1H3,(H,17,18). The highest BCUT2D eigenvalue weighted by Crippen LogP contribution is 2.30. The van der Waals surface area contributed by atoms with Crippen LogP contribution in [-0.4, -0.2) is 16.5 Å². The van der Waals surface area contributed by atoms with Gasteiger partial charge in [0.1, 0.15) is 5.82 Å². The maximum atomic E-state index is 13.7. The molecule has 0 saturated carbocycles. The minimum absolute atomic E-state index is 0.121. The molecule has 4 heteroatoms. The zero-order chi connectivity index (χ0) is 13.3. The average Bonchev–Trinajstić information content (AvgIpc) is 2.88. The van der Waals surface area contributed by atoms with Crippen molar-refractivity contribution < 1.29 is 4.39 Å². The summed E-state index contributed by atoms with van der Waals surface area (Å²) < 4.78 is 13.7. The molecule has 2 aromatic rings. The molecule has 0 bridgehead atoms. The predicted molar refractivity (Wildman–Crippen MR) is 72.4 cm³/mol. The molecule has 1 unspecified atom stereocenters. The van der Waals surface area contributed by atoms with Gasteiger partial charge in [-0.15, -0.1) is 0 Å². The number of nitrogens with one attached hydrogen (secondary N) is 2. The van der Waals surface area contributed by atoms with E-state index in [-0.39, 0.29) is 11.4 Å². The lowest BCUT2D eigenvalue weighted by molar-refractivity contribution is 0.313. The maximum absolute atomic E-state index is 13.7. The number of rotatable bonds is 3. The molecule has 100 valence electrons. The Morgan fingerprint density at radius 1 is 1.37 bits per heavy atom. The number of hydrogen-bond donors (Lipinski definition) is 2. The first-order valence-corrected chi connectivity index (χ1v) is 6.70. The highest BCUT2D eigenvalue weighted by molar-refractivity contribution is 5.25. The molecule has 0 fully saturated rings. The number of benzene rings is 1. The normalized spacial score (nSPS) is 22.2. The lowest BCUT2D eigenvalue weighted by atomic mass is 9.85. The number of aryl methyl sites for hydroxylation is 1. The van der Waals surface area contributed by atoms with Crippen LogP contribution in [0.1, 0.15) is 30.3 Å². The van der Waals surface area contributed by atoms with E-state index in [1.807, 2.05) is 12.1 Å². The van der Waals surface area contributed by atoms with Crippen LogP contribution in [0.3, 0.4) is 0 Å². The van der Waals surface area contributed by atoms with Gasteiger partial charge in [0.15, 0.2) is 0 Å². The monoisotopic (exact) mass is 259 g/mol. The zero-order valence-corrected chi connectivity index (χ0v) is 11.0. The van der Waals surface area contributed by atoms with Gasteiger partial charge in [0, 0.05) is 18.7 Å². The van der Waals surface area contributed by atoms with Gasteiger partial charge < -0.3 is 10.3 Å². The third kappa shape index (κ3) is 2.28. The molecule has 2 N–H and O–H groups in total. The third-order valence-corrected chi connectivity index (χ3v) is 3.98. The summed E-state index contributed by atoms with van der Waals surface area (Å²) in [5, 5.41) is 3.52. The minimum Gasteiger partial charge on any atom is -0.348 e. The fourth-order valence-electron chi connectivity index (χ4n) is 2.83. The maximum Gasteiger partial charge on any atom is 0.126 e. The quantitative estimate of drug-likeness (QED) is 0.889.